The minimum atomic E-state index is -3.42. The number of carbonyl (C=O) groups is 1. The largest absolute Gasteiger partial charge is 0.352 e. The van der Waals surface area contributed by atoms with Gasteiger partial charge in [-0.3, -0.25) is 10.2 Å². The fraction of sp³-hybridized carbons (Fsp3) is 0.500. The lowest BCUT2D eigenvalue weighted by molar-refractivity contribution is -0.126. The van der Waals surface area contributed by atoms with Gasteiger partial charge >= 0.3 is 0 Å². The number of benzene rings is 2. The predicted molar refractivity (Wildman–Crippen MR) is 131 cm³/mol. The number of fused-ring (bicyclic) bond motifs is 1. The van der Waals surface area contributed by atoms with Crippen LogP contribution in [0.2, 0.25) is 0 Å². The third-order valence-electron chi connectivity index (χ3n) is 7.86. The van der Waals surface area contributed by atoms with Crippen LogP contribution in [0.3, 0.4) is 0 Å². The first-order chi connectivity index (χ1) is 16.5. The highest BCUT2D eigenvalue weighted by atomic mass is 32.2. The van der Waals surface area contributed by atoms with Crippen molar-refractivity contribution >= 4 is 15.9 Å². The quantitative estimate of drug-likeness (QED) is 0.662. The highest BCUT2D eigenvalue weighted by Gasteiger charge is 2.44. The molecule has 1 amide bonds. The Kier molecular flexibility index (Phi) is 7.01. The van der Waals surface area contributed by atoms with Crippen molar-refractivity contribution in [3.8, 4) is 0 Å². The number of nitrogens with one attached hydrogen (secondary N) is 2. The van der Waals surface area contributed by atoms with E-state index in [1.807, 2.05) is 36.4 Å². The van der Waals surface area contributed by atoms with Crippen LogP contribution >= 0.6 is 0 Å². The van der Waals surface area contributed by atoms with E-state index in [0.29, 0.717) is 42.9 Å². The van der Waals surface area contributed by atoms with Crippen LogP contribution < -0.4 is 10.7 Å². The highest BCUT2D eigenvalue weighted by molar-refractivity contribution is 7.89. The molecule has 182 valence electrons. The van der Waals surface area contributed by atoms with E-state index in [1.54, 1.807) is 28.6 Å². The number of carbonyl (C=O) groups excluding carboxylic acids is 1. The molecule has 3 atom stereocenters. The summed E-state index contributed by atoms with van der Waals surface area (Å²) in [4.78, 5) is 13.4. The van der Waals surface area contributed by atoms with Gasteiger partial charge in [-0.1, -0.05) is 48.5 Å². The van der Waals surface area contributed by atoms with Crippen molar-refractivity contribution in [2.45, 2.75) is 43.2 Å². The van der Waals surface area contributed by atoms with E-state index in [1.165, 1.54) is 0 Å². The SMILES string of the molecule is O=C(NCc1ccccc1)C1CNN2CCC(C3CCN(S(=O)(=O)c4ccccc4)CC3)CC12. The molecule has 2 N–H and O–H groups in total. The first kappa shape index (κ1) is 23.5. The zero-order valence-corrected chi connectivity index (χ0v) is 20.3. The van der Waals surface area contributed by atoms with Crippen LogP contribution in [-0.2, 0) is 21.4 Å². The molecular weight excluding hydrogens is 448 g/mol. The molecule has 3 saturated heterocycles. The maximum atomic E-state index is 13.0. The third kappa shape index (κ3) is 4.91. The molecule has 3 fully saturated rings. The molecule has 0 spiro atoms. The van der Waals surface area contributed by atoms with Gasteiger partial charge in [-0.15, -0.1) is 0 Å². The molecule has 0 saturated carbocycles. The standard InChI is InChI=1S/C26H34N4O3S/c31-26(27-18-20-7-3-1-4-8-20)24-19-28-30-16-13-22(17-25(24)30)21-11-14-29(15-12-21)34(32,33)23-9-5-2-6-10-23/h1-10,21-22,24-25,28H,11-19H2,(H,27,31). The van der Waals surface area contributed by atoms with Gasteiger partial charge in [-0.2, -0.15) is 4.31 Å². The number of hydrazine groups is 1. The summed E-state index contributed by atoms with van der Waals surface area (Å²) in [7, 11) is -3.42. The van der Waals surface area contributed by atoms with Gasteiger partial charge in [0.2, 0.25) is 15.9 Å². The Balaban J connectivity index is 1.16. The first-order valence-electron chi connectivity index (χ1n) is 12.4. The number of nitrogens with zero attached hydrogens (tertiary/aromatic N) is 2. The maximum Gasteiger partial charge on any atom is 0.243 e. The fourth-order valence-corrected chi connectivity index (χ4v) is 7.39. The van der Waals surface area contributed by atoms with Crippen molar-refractivity contribution in [3.05, 3.63) is 66.2 Å². The number of hydrogen-bond acceptors (Lipinski definition) is 5. The van der Waals surface area contributed by atoms with Crippen molar-refractivity contribution in [1.29, 1.82) is 0 Å². The zero-order valence-electron chi connectivity index (χ0n) is 19.5. The van der Waals surface area contributed by atoms with E-state index >= 15 is 0 Å². The van der Waals surface area contributed by atoms with E-state index in [-0.39, 0.29) is 17.9 Å². The second kappa shape index (κ2) is 10.2. The molecule has 0 aromatic heterocycles. The number of amides is 1. The normalized spacial score (nSPS) is 26.8. The number of rotatable bonds is 6. The van der Waals surface area contributed by atoms with Crippen LogP contribution in [-0.4, -0.2) is 55.9 Å². The van der Waals surface area contributed by atoms with Crippen molar-refractivity contribution < 1.29 is 13.2 Å². The second-order valence-corrected chi connectivity index (χ2v) is 11.7. The molecule has 5 rings (SSSR count). The van der Waals surface area contributed by atoms with Gasteiger partial charge in [-0.25, -0.2) is 13.4 Å². The molecule has 3 heterocycles. The first-order valence-corrected chi connectivity index (χ1v) is 13.8. The van der Waals surface area contributed by atoms with Crippen molar-refractivity contribution in [1.82, 2.24) is 20.1 Å². The lowest BCUT2D eigenvalue weighted by Crippen LogP contribution is -2.49. The minimum Gasteiger partial charge on any atom is -0.352 e. The molecule has 3 aliphatic heterocycles. The van der Waals surface area contributed by atoms with E-state index in [0.717, 1.165) is 37.8 Å². The lowest BCUT2D eigenvalue weighted by Gasteiger charge is -2.42. The number of sulfonamides is 1. The minimum absolute atomic E-state index is 0.0509. The Morgan fingerprint density at radius 2 is 1.56 bits per heavy atom. The van der Waals surface area contributed by atoms with Gasteiger partial charge in [0, 0.05) is 38.8 Å². The summed E-state index contributed by atoms with van der Waals surface area (Å²) in [5.74, 6) is 1.11. The predicted octanol–water partition coefficient (Wildman–Crippen LogP) is 2.62. The lowest BCUT2D eigenvalue weighted by atomic mass is 9.75. The molecule has 7 nitrogen and oxygen atoms in total. The van der Waals surface area contributed by atoms with Gasteiger partial charge < -0.3 is 5.32 Å². The van der Waals surface area contributed by atoms with Gasteiger partial charge in [0.1, 0.15) is 0 Å². The molecule has 3 aliphatic rings. The van der Waals surface area contributed by atoms with Crippen LogP contribution in [0.25, 0.3) is 0 Å². The van der Waals surface area contributed by atoms with Crippen molar-refractivity contribution in [3.63, 3.8) is 0 Å². The summed E-state index contributed by atoms with van der Waals surface area (Å²) in [6.45, 7) is 3.34. The number of piperidine rings is 2. The van der Waals surface area contributed by atoms with Gasteiger partial charge in [0.25, 0.3) is 0 Å². The summed E-state index contributed by atoms with van der Waals surface area (Å²) in [5.41, 5.74) is 4.55. The molecule has 34 heavy (non-hydrogen) atoms. The summed E-state index contributed by atoms with van der Waals surface area (Å²) in [6.07, 6.45) is 3.87. The van der Waals surface area contributed by atoms with E-state index < -0.39 is 10.0 Å². The van der Waals surface area contributed by atoms with Gasteiger partial charge in [-0.05, 0) is 55.2 Å². The van der Waals surface area contributed by atoms with E-state index in [4.69, 9.17) is 0 Å². The van der Waals surface area contributed by atoms with Crippen molar-refractivity contribution in [2.75, 3.05) is 26.2 Å². The van der Waals surface area contributed by atoms with Crippen LogP contribution in [0.4, 0.5) is 0 Å². The Labute approximate surface area is 202 Å². The van der Waals surface area contributed by atoms with E-state index in [9.17, 15) is 13.2 Å². The average Bonchev–Trinajstić information content (AvgIpc) is 3.32. The molecule has 3 unspecified atom stereocenters. The van der Waals surface area contributed by atoms with Crippen LogP contribution in [0, 0.1) is 17.8 Å². The Morgan fingerprint density at radius 1 is 0.912 bits per heavy atom. The monoisotopic (exact) mass is 482 g/mol. The third-order valence-corrected chi connectivity index (χ3v) is 9.77. The molecule has 2 aromatic carbocycles. The van der Waals surface area contributed by atoms with Crippen LogP contribution in [0.15, 0.2) is 65.6 Å². The zero-order chi connectivity index (χ0) is 23.5. The Morgan fingerprint density at radius 3 is 2.26 bits per heavy atom. The van der Waals surface area contributed by atoms with Gasteiger partial charge in [0.05, 0.1) is 10.8 Å². The highest BCUT2D eigenvalue weighted by Crippen LogP contribution is 2.38. The van der Waals surface area contributed by atoms with Crippen molar-refractivity contribution in [2.24, 2.45) is 17.8 Å². The summed E-state index contributed by atoms with van der Waals surface area (Å²) < 4.78 is 27.6. The van der Waals surface area contributed by atoms with Gasteiger partial charge in [0.15, 0.2) is 0 Å². The summed E-state index contributed by atoms with van der Waals surface area (Å²) >= 11 is 0. The Bertz CT molecular complexity index is 1070. The second-order valence-electron chi connectivity index (χ2n) is 9.77. The molecule has 2 aromatic rings. The van der Waals surface area contributed by atoms with Crippen LogP contribution in [0.1, 0.15) is 31.2 Å². The van der Waals surface area contributed by atoms with Crippen LogP contribution in [0.5, 0.6) is 0 Å². The topological polar surface area (TPSA) is 81.8 Å². The molecular formula is C26H34N4O3S. The van der Waals surface area contributed by atoms with E-state index in [2.05, 4.69) is 15.8 Å². The maximum absolute atomic E-state index is 13.0. The molecule has 0 radical (unpaired) electrons. The average molecular weight is 483 g/mol. The summed E-state index contributed by atoms with van der Waals surface area (Å²) in [5, 5.41) is 5.39. The molecule has 8 heteroatoms. The summed E-state index contributed by atoms with van der Waals surface area (Å²) in [6, 6.07) is 19.0. The molecule has 0 bridgehead atoms. The molecule has 0 aliphatic carbocycles. The fourth-order valence-electron chi connectivity index (χ4n) is 5.90. The smallest absolute Gasteiger partial charge is 0.243 e. The number of hydrogen-bond donors (Lipinski definition) is 2. The Hall–Kier alpha value is -2.26.